The predicted molar refractivity (Wildman–Crippen MR) is 117 cm³/mol. The summed E-state index contributed by atoms with van der Waals surface area (Å²) >= 11 is 0. The lowest BCUT2D eigenvalue weighted by molar-refractivity contribution is -0.921. The Morgan fingerprint density at radius 1 is 1.16 bits per heavy atom. The van der Waals surface area contributed by atoms with Crippen LogP contribution >= 0.6 is 0 Å². The molecule has 0 bridgehead atoms. The van der Waals surface area contributed by atoms with Crippen LogP contribution in [0, 0.1) is 5.92 Å². The molecule has 2 aliphatic rings. The highest BCUT2D eigenvalue weighted by Gasteiger charge is 2.48. The number of nitrogens with zero attached hydrogens (tertiary/aromatic N) is 2. The van der Waals surface area contributed by atoms with Crippen molar-refractivity contribution >= 4 is 5.97 Å². The van der Waals surface area contributed by atoms with Crippen LogP contribution in [0.4, 0.5) is 0 Å². The van der Waals surface area contributed by atoms with Gasteiger partial charge in [0, 0.05) is 31.2 Å². The van der Waals surface area contributed by atoms with E-state index in [0.29, 0.717) is 12.2 Å². The van der Waals surface area contributed by atoms with Crippen LogP contribution in [0.3, 0.4) is 0 Å². The molecule has 4 rings (SSSR count). The van der Waals surface area contributed by atoms with Crippen molar-refractivity contribution < 1.29 is 23.6 Å². The fraction of sp³-hybridized carbons (Fsp3) is 0.600. The molecule has 1 aromatic heterocycles. The van der Waals surface area contributed by atoms with Crippen LogP contribution in [0.2, 0.25) is 0 Å². The summed E-state index contributed by atoms with van der Waals surface area (Å²) < 4.78 is 11.7. The molecule has 31 heavy (non-hydrogen) atoms. The Kier molecular flexibility index (Phi) is 6.77. The molecule has 2 unspecified atom stereocenters. The average Bonchev–Trinajstić information content (AvgIpc) is 3.46. The molecule has 1 aliphatic carbocycles. The molecule has 1 aromatic carbocycles. The number of esters is 1. The standard InChI is InChI=1S/C25H35N2O4/c1-27(17-14-22-15-18-31-26-22)16-8-13-23(27)19-30-24(28)25(29,20-9-4-2-5-10-20)21-11-6-3-7-12-21/h2,4-5,9-10,15,18,21,23,29H,3,6-8,11-14,16-17,19H2,1H3/q+1/t23?,25-,27?/m0/s1. The van der Waals surface area contributed by atoms with E-state index in [1.807, 2.05) is 36.4 Å². The van der Waals surface area contributed by atoms with Gasteiger partial charge in [0.25, 0.3) is 0 Å². The molecule has 2 aromatic rings. The van der Waals surface area contributed by atoms with Crippen LogP contribution in [-0.4, -0.2) is 53.5 Å². The Morgan fingerprint density at radius 2 is 1.94 bits per heavy atom. The molecule has 1 saturated carbocycles. The van der Waals surface area contributed by atoms with Crippen LogP contribution in [0.5, 0.6) is 0 Å². The van der Waals surface area contributed by atoms with Crippen molar-refractivity contribution in [1.29, 1.82) is 0 Å². The highest BCUT2D eigenvalue weighted by atomic mass is 16.6. The van der Waals surface area contributed by atoms with E-state index in [9.17, 15) is 9.90 Å². The fourth-order valence-electron chi connectivity index (χ4n) is 5.49. The lowest BCUT2D eigenvalue weighted by Crippen LogP contribution is -2.52. The van der Waals surface area contributed by atoms with Crippen LogP contribution in [-0.2, 0) is 21.6 Å². The predicted octanol–water partition coefficient (Wildman–Crippen LogP) is 3.84. The van der Waals surface area contributed by atoms with Gasteiger partial charge in [-0.05, 0) is 18.4 Å². The Bertz CT molecular complexity index is 834. The third-order valence-electron chi connectivity index (χ3n) is 7.59. The Labute approximate surface area is 184 Å². The molecule has 3 atom stereocenters. The maximum atomic E-state index is 13.4. The zero-order chi connectivity index (χ0) is 21.7. The van der Waals surface area contributed by atoms with Crippen LogP contribution in [0.25, 0.3) is 0 Å². The molecule has 1 saturated heterocycles. The smallest absolute Gasteiger partial charge is 0.343 e. The van der Waals surface area contributed by atoms with Gasteiger partial charge in [-0.2, -0.15) is 0 Å². The van der Waals surface area contributed by atoms with E-state index < -0.39 is 11.6 Å². The first-order valence-electron chi connectivity index (χ1n) is 11.7. The lowest BCUT2D eigenvalue weighted by Gasteiger charge is -2.38. The second-order valence-corrected chi connectivity index (χ2v) is 9.53. The third-order valence-corrected chi connectivity index (χ3v) is 7.59. The summed E-state index contributed by atoms with van der Waals surface area (Å²) in [5.41, 5.74) is 0.0454. The van der Waals surface area contributed by atoms with E-state index in [4.69, 9.17) is 9.26 Å². The summed E-state index contributed by atoms with van der Waals surface area (Å²) in [6.07, 6.45) is 9.56. The minimum atomic E-state index is -1.57. The number of likely N-dealkylation sites (N-methyl/N-ethyl adjacent to an activating group) is 1. The zero-order valence-electron chi connectivity index (χ0n) is 18.5. The Balaban J connectivity index is 1.44. The summed E-state index contributed by atoms with van der Waals surface area (Å²) in [5, 5.41) is 15.7. The summed E-state index contributed by atoms with van der Waals surface area (Å²) in [4.78, 5) is 13.4. The largest absolute Gasteiger partial charge is 0.457 e. The number of ether oxygens (including phenoxy) is 1. The van der Waals surface area contributed by atoms with Crippen molar-refractivity contribution in [3.63, 3.8) is 0 Å². The first-order valence-corrected chi connectivity index (χ1v) is 11.7. The van der Waals surface area contributed by atoms with Crippen LogP contribution in [0.1, 0.15) is 56.2 Å². The van der Waals surface area contributed by atoms with Gasteiger partial charge in [-0.15, -0.1) is 0 Å². The Hall–Kier alpha value is -2.18. The molecule has 2 fully saturated rings. The second-order valence-electron chi connectivity index (χ2n) is 9.53. The molecule has 1 N–H and O–H groups in total. The molecule has 2 heterocycles. The van der Waals surface area contributed by atoms with Crippen molar-refractivity contribution in [3.05, 3.63) is 53.9 Å². The van der Waals surface area contributed by atoms with Gasteiger partial charge in [0.15, 0.2) is 5.60 Å². The Morgan fingerprint density at radius 3 is 2.65 bits per heavy atom. The van der Waals surface area contributed by atoms with Gasteiger partial charge >= 0.3 is 5.97 Å². The van der Waals surface area contributed by atoms with E-state index in [1.54, 1.807) is 6.26 Å². The molecule has 6 heteroatoms. The molecule has 0 amide bonds. The third kappa shape index (κ3) is 4.70. The van der Waals surface area contributed by atoms with Crippen molar-refractivity contribution in [2.24, 2.45) is 5.92 Å². The van der Waals surface area contributed by atoms with Crippen molar-refractivity contribution in [2.75, 3.05) is 26.7 Å². The first kappa shape index (κ1) is 22.0. The minimum absolute atomic E-state index is 0.0900. The number of aromatic nitrogens is 1. The molecular formula is C25H35N2O4+. The van der Waals surface area contributed by atoms with Crippen LogP contribution in [0.15, 0.2) is 47.2 Å². The van der Waals surface area contributed by atoms with Crippen LogP contribution < -0.4 is 0 Å². The number of hydrogen-bond donors (Lipinski definition) is 1. The highest BCUT2D eigenvalue weighted by Crippen LogP contribution is 2.40. The molecule has 0 spiro atoms. The van der Waals surface area contributed by atoms with Gasteiger partial charge in [0.05, 0.1) is 25.8 Å². The number of carbonyl (C=O) groups excluding carboxylic acids is 1. The van der Waals surface area contributed by atoms with E-state index in [1.165, 1.54) is 6.42 Å². The quantitative estimate of drug-likeness (QED) is 0.512. The van der Waals surface area contributed by atoms with Gasteiger partial charge < -0.3 is 18.8 Å². The highest BCUT2D eigenvalue weighted by molar-refractivity contribution is 5.81. The van der Waals surface area contributed by atoms with E-state index in [0.717, 1.165) is 68.2 Å². The monoisotopic (exact) mass is 427 g/mol. The topological polar surface area (TPSA) is 72.6 Å². The first-order chi connectivity index (χ1) is 15.0. The van der Waals surface area contributed by atoms with E-state index in [-0.39, 0.29) is 12.0 Å². The summed E-state index contributed by atoms with van der Waals surface area (Å²) in [7, 11) is 2.23. The zero-order valence-corrected chi connectivity index (χ0v) is 18.5. The van der Waals surface area contributed by atoms with Gasteiger partial charge in [-0.25, -0.2) is 4.79 Å². The molecular weight excluding hydrogens is 392 g/mol. The summed E-state index contributed by atoms with van der Waals surface area (Å²) in [6.45, 7) is 2.34. The van der Waals surface area contributed by atoms with E-state index in [2.05, 4.69) is 12.2 Å². The average molecular weight is 428 g/mol. The maximum Gasteiger partial charge on any atom is 0.343 e. The number of hydrogen-bond acceptors (Lipinski definition) is 5. The van der Waals surface area contributed by atoms with Gasteiger partial charge in [-0.1, -0.05) is 54.8 Å². The van der Waals surface area contributed by atoms with E-state index >= 15 is 0 Å². The van der Waals surface area contributed by atoms with Crippen molar-refractivity contribution in [2.45, 2.75) is 63.0 Å². The number of quaternary nitrogens is 1. The lowest BCUT2D eigenvalue weighted by atomic mass is 9.73. The fourth-order valence-corrected chi connectivity index (χ4v) is 5.49. The molecule has 168 valence electrons. The summed E-state index contributed by atoms with van der Waals surface area (Å²) in [6, 6.07) is 11.5. The number of aliphatic hydroxyl groups is 1. The maximum absolute atomic E-state index is 13.4. The number of carbonyl (C=O) groups is 1. The second kappa shape index (κ2) is 9.53. The van der Waals surface area contributed by atoms with Crippen molar-refractivity contribution in [1.82, 2.24) is 5.16 Å². The van der Waals surface area contributed by atoms with Crippen molar-refractivity contribution in [3.8, 4) is 0 Å². The molecule has 0 radical (unpaired) electrons. The van der Waals surface area contributed by atoms with Gasteiger partial charge in [0.1, 0.15) is 18.9 Å². The van der Waals surface area contributed by atoms with Gasteiger partial charge in [-0.3, -0.25) is 0 Å². The number of likely N-dealkylation sites (tertiary alicyclic amines) is 1. The minimum Gasteiger partial charge on any atom is -0.457 e. The molecule has 1 aliphatic heterocycles. The summed E-state index contributed by atoms with van der Waals surface area (Å²) in [5.74, 6) is -0.576. The SMILES string of the molecule is C[N+]1(CCc2ccon2)CCCC1COC(=O)[C@](O)(c1ccccc1)C1CCCCC1. The number of benzene rings is 1. The molecule has 6 nitrogen and oxygen atoms in total. The normalized spacial score (nSPS) is 26.5. The van der Waals surface area contributed by atoms with Gasteiger partial charge in [0.2, 0.25) is 0 Å². The number of rotatable bonds is 8.